The fraction of sp³-hybridized carbons (Fsp3) is 0.273. The molecule has 3 aromatic rings. The van der Waals surface area contributed by atoms with Crippen LogP contribution in [0.1, 0.15) is 38.6 Å². The predicted octanol–water partition coefficient (Wildman–Crippen LogP) is 5.33. The summed E-state index contributed by atoms with van der Waals surface area (Å²) < 4.78 is 5.13. The summed E-state index contributed by atoms with van der Waals surface area (Å²) in [6.07, 6.45) is 3.30. The monoisotopic (exact) mass is 363 g/mol. The Morgan fingerprint density at radius 3 is 2.44 bits per heavy atom. The molecule has 1 amide bonds. The largest absolute Gasteiger partial charge is 0.450 e. The number of alkyl carbamates (subject to hydrolysis) is 1. The molecular weight excluding hydrogens is 338 g/mol. The summed E-state index contributed by atoms with van der Waals surface area (Å²) in [5.74, 6) is 0.699. The second-order valence-corrected chi connectivity index (χ2v) is 6.47. The van der Waals surface area contributed by atoms with Gasteiger partial charge in [0.25, 0.3) is 0 Å². The van der Waals surface area contributed by atoms with Crippen LogP contribution in [0.4, 0.5) is 4.79 Å². The summed E-state index contributed by atoms with van der Waals surface area (Å²) in [5, 5.41) is 2.80. The van der Waals surface area contributed by atoms with Gasteiger partial charge in [0.05, 0.1) is 18.3 Å². The number of rotatable bonds is 7. The first-order valence-electron chi connectivity index (χ1n) is 9.32. The summed E-state index contributed by atoms with van der Waals surface area (Å²) in [7, 11) is 0. The molecule has 0 spiro atoms. The molecule has 0 aliphatic heterocycles. The van der Waals surface area contributed by atoms with Gasteiger partial charge < -0.3 is 15.0 Å². The highest BCUT2D eigenvalue weighted by molar-refractivity contribution is 5.69. The minimum atomic E-state index is -0.416. The van der Waals surface area contributed by atoms with Crippen LogP contribution in [-0.2, 0) is 4.74 Å². The third kappa shape index (κ3) is 4.97. The van der Waals surface area contributed by atoms with Crippen LogP contribution in [0.3, 0.4) is 0 Å². The molecule has 0 bridgehead atoms. The van der Waals surface area contributed by atoms with E-state index in [1.165, 1.54) is 11.1 Å². The Labute approximate surface area is 159 Å². The quantitative estimate of drug-likeness (QED) is 0.558. The van der Waals surface area contributed by atoms with Crippen LogP contribution in [0.15, 0.2) is 60.8 Å². The summed E-state index contributed by atoms with van der Waals surface area (Å²) in [4.78, 5) is 19.5. The molecule has 5 heteroatoms. The minimum absolute atomic E-state index is 0.253. The van der Waals surface area contributed by atoms with Crippen molar-refractivity contribution in [3.05, 3.63) is 66.6 Å². The van der Waals surface area contributed by atoms with Crippen LogP contribution < -0.4 is 5.32 Å². The lowest BCUT2D eigenvalue weighted by atomic mass is 10.0. The average molecular weight is 363 g/mol. The zero-order valence-electron chi connectivity index (χ0n) is 15.7. The van der Waals surface area contributed by atoms with Gasteiger partial charge in [0.1, 0.15) is 5.82 Å². The number of amides is 1. The number of unbranched alkanes of at least 4 members (excludes halogenated alkanes) is 1. The Hall–Kier alpha value is -3.08. The lowest BCUT2D eigenvalue weighted by molar-refractivity contribution is 0.141. The number of imidazole rings is 1. The second kappa shape index (κ2) is 9.03. The molecule has 1 aromatic heterocycles. The van der Waals surface area contributed by atoms with E-state index in [2.05, 4.69) is 58.6 Å². The number of aromatic nitrogens is 2. The first-order chi connectivity index (χ1) is 13.2. The van der Waals surface area contributed by atoms with Gasteiger partial charge in [0, 0.05) is 11.8 Å². The van der Waals surface area contributed by atoms with E-state index < -0.39 is 6.09 Å². The highest BCUT2D eigenvalue weighted by Gasteiger charge is 2.14. The molecule has 0 aliphatic rings. The van der Waals surface area contributed by atoms with Crippen LogP contribution in [0.2, 0.25) is 0 Å². The van der Waals surface area contributed by atoms with Crippen molar-refractivity contribution in [1.29, 1.82) is 0 Å². The molecule has 0 saturated heterocycles. The highest BCUT2D eigenvalue weighted by atomic mass is 16.5. The van der Waals surface area contributed by atoms with Crippen molar-refractivity contribution < 1.29 is 9.53 Å². The van der Waals surface area contributed by atoms with E-state index in [0.29, 0.717) is 12.4 Å². The number of nitrogens with one attached hydrogen (secondary N) is 2. The lowest BCUT2D eigenvalue weighted by Crippen LogP contribution is -2.28. The first-order valence-corrected chi connectivity index (χ1v) is 9.32. The number of carbonyl (C=O) groups excluding carboxylic acids is 1. The summed E-state index contributed by atoms with van der Waals surface area (Å²) in [5.41, 5.74) is 4.22. The van der Waals surface area contributed by atoms with E-state index in [0.717, 1.165) is 24.1 Å². The van der Waals surface area contributed by atoms with E-state index in [-0.39, 0.29) is 6.04 Å². The van der Waals surface area contributed by atoms with Gasteiger partial charge in [-0.3, -0.25) is 0 Å². The Bertz CT molecular complexity index is 857. The third-order valence-corrected chi connectivity index (χ3v) is 4.36. The molecule has 0 radical (unpaired) electrons. The van der Waals surface area contributed by atoms with Crippen molar-refractivity contribution in [2.75, 3.05) is 6.61 Å². The zero-order valence-corrected chi connectivity index (χ0v) is 15.7. The van der Waals surface area contributed by atoms with Gasteiger partial charge in [-0.05, 0) is 24.5 Å². The zero-order chi connectivity index (χ0) is 19.1. The number of carbonyl (C=O) groups is 1. The lowest BCUT2D eigenvalue weighted by Gasteiger charge is -2.11. The summed E-state index contributed by atoms with van der Waals surface area (Å²) >= 11 is 0. The number of nitrogens with zero attached hydrogens (tertiary/aromatic N) is 1. The third-order valence-electron chi connectivity index (χ3n) is 4.36. The predicted molar refractivity (Wildman–Crippen MR) is 107 cm³/mol. The molecule has 2 N–H and O–H groups in total. The van der Waals surface area contributed by atoms with Gasteiger partial charge in [0.2, 0.25) is 0 Å². The molecule has 1 heterocycles. The van der Waals surface area contributed by atoms with Crippen molar-refractivity contribution in [2.45, 2.75) is 32.7 Å². The van der Waals surface area contributed by atoms with E-state index in [4.69, 9.17) is 4.74 Å². The van der Waals surface area contributed by atoms with Gasteiger partial charge in [0.15, 0.2) is 0 Å². The van der Waals surface area contributed by atoms with Crippen LogP contribution in [0, 0.1) is 0 Å². The van der Waals surface area contributed by atoms with Gasteiger partial charge >= 0.3 is 6.09 Å². The number of hydrogen-bond acceptors (Lipinski definition) is 3. The normalized spacial score (nSPS) is 11.8. The van der Waals surface area contributed by atoms with Gasteiger partial charge in [-0.15, -0.1) is 0 Å². The Kier molecular flexibility index (Phi) is 6.26. The summed E-state index contributed by atoms with van der Waals surface area (Å²) in [6.45, 7) is 4.37. The van der Waals surface area contributed by atoms with Crippen LogP contribution in [0.25, 0.3) is 22.4 Å². The van der Waals surface area contributed by atoms with Crippen molar-refractivity contribution in [3.63, 3.8) is 0 Å². The van der Waals surface area contributed by atoms with Crippen LogP contribution in [0.5, 0.6) is 0 Å². The molecule has 0 fully saturated rings. The molecule has 0 unspecified atom stereocenters. The smallest absolute Gasteiger partial charge is 0.407 e. The van der Waals surface area contributed by atoms with Gasteiger partial charge in [-0.25, -0.2) is 9.78 Å². The highest BCUT2D eigenvalue weighted by Crippen LogP contribution is 2.24. The minimum Gasteiger partial charge on any atom is -0.450 e. The van der Waals surface area contributed by atoms with Crippen molar-refractivity contribution in [2.24, 2.45) is 0 Å². The first kappa shape index (κ1) is 18.7. The Morgan fingerprint density at radius 2 is 1.74 bits per heavy atom. The number of benzene rings is 2. The molecule has 0 aliphatic carbocycles. The maximum absolute atomic E-state index is 11.8. The van der Waals surface area contributed by atoms with Gasteiger partial charge in [-0.1, -0.05) is 67.9 Å². The summed E-state index contributed by atoms with van der Waals surface area (Å²) in [6, 6.07) is 18.3. The van der Waals surface area contributed by atoms with Crippen LogP contribution in [-0.4, -0.2) is 22.7 Å². The molecule has 3 rings (SSSR count). The SMILES string of the molecule is CCCCOC(=O)N[C@H](C)c1nc(-c2ccc(-c3ccccc3)cc2)c[nH]1. The number of aromatic amines is 1. The van der Waals surface area contributed by atoms with E-state index >= 15 is 0 Å². The molecular formula is C22H25N3O2. The van der Waals surface area contributed by atoms with E-state index in [1.807, 2.05) is 31.3 Å². The topological polar surface area (TPSA) is 67.0 Å². The molecule has 0 saturated carbocycles. The van der Waals surface area contributed by atoms with Gasteiger partial charge in [-0.2, -0.15) is 0 Å². The Morgan fingerprint density at radius 1 is 1.07 bits per heavy atom. The molecule has 27 heavy (non-hydrogen) atoms. The van der Waals surface area contributed by atoms with E-state index in [1.54, 1.807) is 0 Å². The van der Waals surface area contributed by atoms with E-state index in [9.17, 15) is 4.79 Å². The van der Waals surface area contributed by atoms with Crippen molar-refractivity contribution >= 4 is 6.09 Å². The maximum Gasteiger partial charge on any atom is 0.407 e. The maximum atomic E-state index is 11.8. The average Bonchev–Trinajstić information content (AvgIpc) is 3.19. The Balaban J connectivity index is 1.64. The molecule has 2 aromatic carbocycles. The second-order valence-electron chi connectivity index (χ2n) is 6.47. The molecule has 5 nitrogen and oxygen atoms in total. The number of H-pyrrole nitrogens is 1. The fourth-order valence-electron chi connectivity index (χ4n) is 2.77. The molecule has 1 atom stereocenters. The van der Waals surface area contributed by atoms with Crippen molar-refractivity contribution in [1.82, 2.24) is 15.3 Å². The number of hydrogen-bond donors (Lipinski definition) is 2. The standard InChI is InChI=1S/C22H25N3O2/c1-3-4-14-27-22(26)24-16(2)21-23-15-20(25-21)19-12-10-18(11-13-19)17-8-6-5-7-9-17/h5-13,15-16H,3-4,14H2,1-2H3,(H,23,25)(H,24,26)/t16-/m1/s1. The fourth-order valence-corrected chi connectivity index (χ4v) is 2.77. The van der Waals surface area contributed by atoms with Crippen LogP contribution >= 0.6 is 0 Å². The van der Waals surface area contributed by atoms with Crippen molar-refractivity contribution in [3.8, 4) is 22.4 Å². The molecule has 140 valence electrons. The number of ether oxygens (including phenoxy) is 1.